The van der Waals surface area contributed by atoms with E-state index in [0.29, 0.717) is 12.2 Å². The number of halogens is 2. The highest BCUT2D eigenvalue weighted by Crippen LogP contribution is 2.06. The van der Waals surface area contributed by atoms with Crippen molar-refractivity contribution in [1.82, 2.24) is 0 Å². The smallest absolute Gasteiger partial charge is 0.258 e. The number of nitrogens with zero attached hydrogens (tertiary/aromatic N) is 2. The number of hydrogen-bond acceptors (Lipinski definition) is 2. The third-order valence-electron chi connectivity index (χ3n) is 1.31. The molecule has 1 aliphatic rings. The van der Waals surface area contributed by atoms with E-state index in [-0.39, 0.29) is 16.9 Å². The molecule has 0 aromatic carbocycles. The van der Waals surface area contributed by atoms with Gasteiger partial charge in [0.05, 0.1) is 5.55 Å². The van der Waals surface area contributed by atoms with Crippen LogP contribution in [0.1, 0.15) is 13.3 Å². The third-order valence-corrected chi connectivity index (χ3v) is 2.91. The van der Waals surface area contributed by atoms with Gasteiger partial charge in [-0.2, -0.15) is 8.78 Å². The van der Waals surface area contributed by atoms with Crippen molar-refractivity contribution in [3.63, 3.8) is 0 Å². The molecule has 0 aromatic rings. The lowest BCUT2D eigenvalue weighted by atomic mass is 10.5. The molecule has 5 heteroatoms. The first-order valence-corrected chi connectivity index (χ1v) is 5.05. The fourth-order valence-electron chi connectivity index (χ4n) is 0.803. The van der Waals surface area contributed by atoms with E-state index in [1.165, 1.54) is 0 Å². The minimum Gasteiger partial charge on any atom is -0.258 e. The van der Waals surface area contributed by atoms with Crippen molar-refractivity contribution in [3.05, 3.63) is 12.2 Å². The maximum absolute atomic E-state index is 11.6. The van der Waals surface area contributed by atoms with Gasteiger partial charge in [0.2, 0.25) is 0 Å². The van der Waals surface area contributed by atoms with E-state index in [9.17, 15) is 8.78 Å². The first-order chi connectivity index (χ1) is 5.68. The van der Waals surface area contributed by atoms with E-state index in [0.717, 1.165) is 6.08 Å². The van der Waals surface area contributed by atoms with Crippen LogP contribution in [0.5, 0.6) is 0 Å². The Morgan fingerprint density at radius 2 is 2.42 bits per heavy atom. The molecule has 0 aromatic heterocycles. The van der Waals surface area contributed by atoms with Gasteiger partial charge < -0.3 is 0 Å². The molecule has 0 radical (unpaired) electrons. The third kappa shape index (κ3) is 3.21. The van der Waals surface area contributed by atoms with Crippen molar-refractivity contribution >= 4 is 16.2 Å². The van der Waals surface area contributed by atoms with Crippen LogP contribution in [0.2, 0.25) is 0 Å². The Morgan fingerprint density at radius 3 is 2.92 bits per heavy atom. The molecule has 0 spiro atoms. The van der Waals surface area contributed by atoms with Gasteiger partial charge in [0, 0.05) is 5.75 Å². The van der Waals surface area contributed by atoms with Crippen molar-refractivity contribution in [2.75, 3.05) is 5.75 Å². The maximum Gasteiger partial charge on any atom is 0.266 e. The topological polar surface area (TPSA) is 24.7 Å². The summed E-state index contributed by atoms with van der Waals surface area (Å²) in [6.45, 7) is 1.88. The second kappa shape index (κ2) is 4.45. The van der Waals surface area contributed by atoms with Crippen molar-refractivity contribution in [3.8, 4) is 0 Å². The van der Waals surface area contributed by atoms with Crippen LogP contribution in [0.25, 0.3) is 0 Å². The Hall–Kier alpha value is -0.580. The van der Waals surface area contributed by atoms with Crippen LogP contribution in [0.15, 0.2) is 21.5 Å². The molecular formula is C7H10F2N2S. The molecule has 2 nitrogen and oxygen atoms in total. The summed E-state index contributed by atoms with van der Waals surface area (Å²) in [5.74, 6) is 0.658. The van der Waals surface area contributed by atoms with Crippen LogP contribution >= 0.6 is 0 Å². The summed E-state index contributed by atoms with van der Waals surface area (Å²) in [6, 6.07) is 0. The molecule has 1 heterocycles. The fourth-order valence-corrected chi connectivity index (χ4v) is 2.19. The summed E-state index contributed by atoms with van der Waals surface area (Å²) in [5.41, 5.74) is 1.76. The summed E-state index contributed by atoms with van der Waals surface area (Å²) < 4.78 is 27.4. The van der Waals surface area contributed by atoms with Crippen LogP contribution in [0.3, 0.4) is 0 Å². The van der Waals surface area contributed by atoms with Gasteiger partial charge >= 0.3 is 0 Å². The minimum atomic E-state index is -1.61. The van der Waals surface area contributed by atoms with Gasteiger partial charge in [-0.3, -0.25) is 4.99 Å². The van der Waals surface area contributed by atoms with E-state index in [1.807, 2.05) is 6.92 Å². The molecule has 0 N–H and O–H groups in total. The highest BCUT2D eigenvalue weighted by Gasteiger charge is 2.04. The molecule has 2 unspecified atom stereocenters. The van der Waals surface area contributed by atoms with Crippen LogP contribution in [-0.4, -0.2) is 17.5 Å². The molecule has 1 aliphatic heterocycles. The Bertz CT molecular complexity index is 244. The fraction of sp³-hybridized carbons (Fsp3) is 0.571. The molecule has 68 valence electrons. The molecule has 2 atom stereocenters. The lowest BCUT2D eigenvalue weighted by Crippen LogP contribution is -1.93. The average molecular weight is 192 g/mol. The molecule has 0 aliphatic carbocycles. The molecule has 0 amide bonds. The van der Waals surface area contributed by atoms with Crippen LogP contribution in [0.4, 0.5) is 8.78 Å². The minimum absolute atomic E-state index is 0.0209. The Morgan fingerprint density at radius 1 is 1.67 bits per heavy atom. The SMILES string of the molecule is CC1N=CS(CCC=C(F)F)=N1. The summed E-state index contributed by atoms with van der Waals surface area (Å²) in [4.78, 5) is 4.03. The zero-order valence-corrected chi connectivity index (χ0v) is 7.52. The zero-order valence-electron chi connectivity index (χ0n) is 6.70. The van der Waals surface area contributed by atoms with Crippen molar-refractivity contribution in [2.45, 2.75) is 19.5 Å². The molecular weight excluding hydrogens is 182 g/mol. The normalized spacial score (nSPS) is 26.9. The molecule has 12 heavy (non-hydrogen) atoms. The van der Waals surface area contributed by atoms with Crippen LogP contribution < -0.4 is 0 Å². The van der Waals surface area contributed by atoms with Crippen molar-refractivity contribution in [2.24, 2.45) is 9.36 Å². The van der Waals surface area contributed by atoms with Crippen LogP contribution in [-0.2, 0) is 10.7 Å². The van der Waals surface area contributed by atoms with Gasteiger partial charge in [0.1, 0.15) is 6.17 Å². The van der Waals surface area contributed by atoms with Gasteiger partial charge in [-0.05, 0) is 19.4 Å². The van der Waals surface area contributed by atoms with Crippen LogP contribution in [0, 0.1) is 0 Å². The second-order valence-corrected chi connectivity index (χ2v) is 4.01. The van der Waals surface area contributed by atoms with E-state index < -0.39 is 6.08 Å². The average Bonchev–Trinajstić information content (AvgIpc) is 2.35. The zero-order chi connectivity index (χ0) is 8.97. The number of hydrogen-bond donors (Lipinski definition) is 0. The maximum atomic E-state index is 11.6. The lowest BCUT2D eigenvalue weighted by Gasteiger charge is -1.93. The molecule has 0 saturated heterocycles. The number of rotatable bonds is 3. The summed E-state index contributed by atoms with van der Waals surface area (Å²) in [6.07, 6.45) is -0.275. The highest BCUT2D eigenvalue weighted by atomic mass is 32.2. The van der Waals surface area contributed by atoms with E-state index in [1.54, 1.807) is 5.55 Å². The monoisotopic (exact) mass is 192 g/mol. The lowest BCUT2D eigenvalue weighted by molar-refractivity contribution is 0.418. The molecule has 0 fully saturated rings. The van der Waals surface area contributed by atoms with Gasteiger partial charge in [-0.1, -0.05) is 10.7 Å². The second-order valence-electron chi connectivity index (χ2n) is 2.38. The predicted molar refractivity (Wildman–Crippen MR) is 47.5 cm³/mol. The molecule has 0 bridgehead atoms. The number of aliphatic imine (C=N–C) groups is 1. The molecule has 1 rings (SSSR count). The number of allylic oxidation sites excluding steroid dienone is 1. The Balaban J connectivity index is 2.30. The summed E-state index contributed by atoms with van der Waals surface area (Å²) in [7, 11) is -0.218. The summed E-state index contributed by atoms with van der Waals surface area (Å²) >= 11 is 0. The Labute approximate surface area is 72.5 Å². The van der Waals surface area contributed by atoms with Gasteiger partial charge in [-0.25, -0.2) is 4.36 Å². The van der Waals surface area contributed by atoms with E-state index in [4.69, 9.17) is 0 Å². The van der Waals surface area contributed by atoms with Gasteiger partial charge in [0.25, 0.3) is 6.08 Å². The van der Waals surface area contributed by atoms with Gasteiger partial charge in [0.15, 0.2) is 0 Å². The van der Waals surface area contributed by atoms with E-state index >= 15 is 0 Å². The largest absolute Gasteiger partial charge is 0.266 e. The first kappa shape index (κ1) is 9.51. The summed E-state index contributed by atoms with van der Waals surface area (Å²) in [5, 5.41) is 0. The molecule has 0 saturated carbocycles. The Kier molecular flexibility index (Phi) is 3.52. The van der Waals surface area contributed by atoms with E-state index in [2.05, 4.69) is 9.36 Å². The predicted octanol–water partition coefficient (Wildman–Crippen LogP) is 2.35. The van der Waals surface area contributed by atoms with Gasteiger partial charge in [-0.15, -0.1) is 0 Å². The highest BCUT2D eigenvalue weighted by molar-refractivity contribution is 8.00. The van der Waals surface area contributed by atoms with Crippen molar-refractivity contribution in [1.29, 1.82) is 0 Å². The standard InChI is InChI=1S/C7H10F2N2S/c1-6-10-5-12(11-6)4-2-3-7(8)9/h3,5-6H,2,4H2,1H3. The first-order valence-electron chi connectivity index (χ1n) is 3.63. The van der Waals surface area contributed by atoms with Crippen molar-refractivity contribution < 1.29 is 8.78 Å². The quantitative estimate of drug-likeness (QED) is 0.655.